The van der Waals surface area contributed by atoms with Crippen LogP contribution in [0.3, 0.4) is 0 Å². The predicted octanol–water partition coefficient (Wildman–Crippen LogP) is 4.23. The molecule has 0 aliphatic heterocycles. The summed E-state index contributed by atoms with van der Waals surface area (Å²) in [4.78, 5) is 28.4. The summed E-state index contributed by atoms with van der Waals surface area (Å²) >= 11 is 0. The number of hydrogen-bond acceptors (Lipinski definition) is 6. The molecule has 1 aromatic carbocycles. The molecule has 2 aliphatic rings. The summed E-state index contributed by atoms with van der Waals surface area (Å²) in [7, 11) is 0. The van der Waals surface area contributed by atoms with E-state index in [4.69, 9.17) is 15.2 Å². The van der Waals surface area contributed by atoms with Crippen molar-refractivity contribution >= 4 is 28.5 Å². The molecule has 0 unspecified atom stereocenters. The van der Waals surface area contributed by atoms with Crippen LogP contribution in [0.15, 0.2) is 18.2 Å². The molecule has 4 rings (SSSR count). The maximum absolute atomic E-state index is 12.4. The van der Waals surface area contributed by atoms with Crippen molar-refractivity contribution in [2.75, 3.05) is 12.3 Å². The summed E-state index contributed by atoms with van der Waals surface area (Å²) < 4.78 is 12.1. The highest BCUT2D eigenvalue weighted by molar-refractivity contribution is 6.06. The van der Waals surface area contributed by atoms with E-state index in [0.29, 0.717) is 22.3 Å². The number of amides is 1. The molecule has 1 amide bonds. The van der Waals surface area contributed by atoms with Crippen LogP contribution < -0.4 is 15.8 Å². The van der Waals surface area contributed by atoms with E-state index in [1.807, 2.05) is 6.07 Å². The molecule has 1 heterocycles. The van der Waals surface area contributed by atoms with Gasteiger partial charge >= 0.3 is 5.97 Å². The van der Waals surface area contributed by atoms with Crippen LogP contribution in [0.5, 0.6) is 5.75 Å². The van der Waals surface area contributed by atoms with E-state index in [1.54, 1.807) is 19.1 Å². The van der Waals surface area contributed by atoms with Gasteiger partial charge in [0, 0.05) is 6.04 Å². The number of carbonyl (C=O) groups is 2. The molecule has 0 bridgehead atoms. The number of pyridine rings is 1. The molecule has 2 fully saturated rings. The molecular weight excluding hydrogens is 434 g/mol. The predicted molar refractivity (Wildman–Crippen MR) is 130 cm³/mol. The zero-order valence-electron chi connectivity index (χ0n) is 20.0. The van der Waals surface area contributed by atoms with Crippen molar-refractivity contribution in [1.29, 1.82) is 0 Å². The number of ether oxygens (including phenoxy) is 2. The van der Waals surface area contributed by atoms with Crippen LogP contribution in [-0.4, -0.2) is 46.8 Å². The number of hydrogen-bond donors (Lipinski definition) is 3. The largest absolute Gasteiger partial charge is 0.490 e. The Morgan fingerprint density at radius 2 is 1.76 bits per heavy atom. The van der Waals surface area contributed by atoms with E-state index >= 15 is 0 Å². The molecule has 34 heavy (non-hydrogen) atoms. The molecule has 0 spiro atoms. The minimum atomic E-state index is -1.10. The summed E-state index contributed by atoms with van der Waals surface area (Å²) in [5.41, 5.74) is 7.42. The second-order valence-electron chi connectivity index (χ2n) is 9.79. The fourth-order valence-corrected chi connectivity index (χ4v) is 5.17. The van der Waals surface area contributed by atoms with Crippen molar-refractivity contribution in [2.45, 2.75) is 83.5 Å². The first kappa shape index (κ1) is 24.3. The highest BCUT2D eigenvalue weighted by atomic mass is 16.5. The van der Waals surface area contributed by atoms with Crippen molar-refractivity contribution in [1.82, 2.24) is 10.3 Å². The smallest absolute Gasteiger partial charge is 0.339 e. The van der Waals surface area contributed by atoms with Crippen molar-refractivity contribution < 1.29 is 24.2 Å². The highest BCUT2D eigenvalue weighted by Crippen LogP contribution is 2.35. The number of aryl methyl sites for hydroxylation is 1. The lowest BCUT2D eigenvalue weighted by Gasteiger charge is -2.30. The molecule has 4 N–H and O–H groups in total. The summed E-state index contributed by atoms with van der Waals surface area (Å²) in [5.74, 6) is 0.161. The van der Waals surface area contributed by atoms with Crippen LogP contribution >= 0.6 is 0 Å². The van der Waals surface area contributed by atoms with E-state index in [9.17, 15) is 14.7 Å². The first-order chi connectivity index (χ1) is 16.3. The van der Waals surface area contributed by atoms with Gasteiger partial charge in [-0.1, -0.05) is 13.0 Å². The van der Waals surface area contributed by atoms with Crippen LogP contribution in [0.4, 0.5) is 5.69 Å². The number of nitrogen functional groups attached to an aromatic ring is 1. The third kappa shape index (κ3) is 5.60. The zero-order chi connectivity index (χ0) is 24.2. The summed E-state index contributed by atoms with van der Waals surface area (Å²) in [6.07, 6.45) is 7.80. The molecule has 1 aromatic heterocycles. The summed E-state index contributed by atoms with van der Waals surface area (Å²) in [5, 5.41) is 13.2. The van der Waals surface area contributed by atoms with E-state index in [-0.39, 0.29) is 42.0 Å². The molecule has 184 valence electrons. The van der Waals surface area contributed by atoms with Gasteiger partial charge in [0.25, 0.3) is 0 Å². The van der Waals surface area contributed by atoms with Crippen molar-refractivity contribution in [2.24, 2.45) is 5.92 Å². The minimum absolute atomic E-state index is 0.0138. The number of carboxylic acids is 1. The Bertz CT molecular complexity index is 1040. The lowest BCUT2D eigenvalue weighted by atomic mass is 9.89. The van der Waals surface area contributed by atoms with E-state index in [2.05, 4.69) is 17.2 Å². The summed E-state index contributed by atoms with van der Waals surface area (Å²) in [6, 6.07) is 5.56. The number of nitrogens with two attached hydrogens (primary N) is 1. The van der Waals surface area contributed by atoms with Crippen molar-refractivity contribution in [3.63, 3.8) is 0 Å². The quantitative estimate of drug-likeness (QED) is 0.554. The second-order valence-corrected chi connectivity index (χ2v) is 9.79. The maximum Gasteiger partial charge on any atom is 0.339 e. The van der Waals surface area contributed by atoms with E-state index in [0.717, 1.165) is 44.4 Å². The molecular formula is C26H35N3O5. The topological polar surface area (TPSA) is 124 Å². The number of aromatic nitrogens is 1. The highest BCUT2D eigenvalue weighted by Gasteiger charge is 2.26. The fourth-order valence-electron chi connectivity index (χ4n) is 5.17. The van der Waals surface area contributed by atoms with E-state index in [1.165, 1.54) is 12.8 Å². The van der Waals surface area contributed by atoms with E-state index < -0.39 is 5.97 Å². The number of benzene rings is 1. The van der Waals surface area contributed by atoms with Gasteiger partial charge in [0.1, 0.15) is 17.9 Å². The Labute approximate surface area is 200 Å². The minimum Gasteiger partial charge on any atom is -0.490 e. The first-order valence-electron chi connectivity index (χ1n) is 12.3. The summed E-state index contributed by atoms with van der Waals surface area (Å²) in [6.45, 7) is 4.04. The molecule has 8 nitrogen and oxygen atoms in total. The number of carboxylic acid groups (broad SMARTS) is 1. The lowest BCUT2D eigenvalue weighted by molar-refractivity contribution is -0.129. The van der Waals surface area contributed by atoms with Gasteiger partial charge in [-0.2, -0.15) is 0 Å². The number of nitrogens with one attached hydrogen (secondary N) is 1. The molecule has 0 radical (unpaired) electrons. The number of fused-ring (bicyclic) bond motifs is 1. The van der Waals surface area contributed by atoms with Crippen molar-refractivity contribution in [3.05, 3.63) is 29.5 Å². The first-order valence-corrected chi connectivity index (χ1v) is 12.3. The van der Waals surface area contributed by atoms with Crippen molar-refractivity contribution in [3.8, 4) is 5.75 Å². The SMILES string of the molecule is Cc1nc2cccc(O[C@H]3CC[C@H](NC(=O)CO[C@H]4CC[C@H](C)CC4)CC3)c2c(N)c1C(=O)O. The number of nitrogens with zero attached hydrogens (tertiary/aromatic N) is 1. The molecule has 2 aromatic rings. The third-order valence-corrected chi connectivity index (χ3v) is 7.15. The van der Waals surface area contributed by atoms with Gasteiger partial charge in [-0.05, 0) is 76.3 Å². The van der Waals surface area contributed by atoms with Gasteiger partial charge in [0.2, 0.25) is 5.91 Å². The standard InChI is InChI=1S/C26H35N3O5/c1-15-6-10-18(11-7-15)33-14-22(30)29-17-8-12-19(13-9-17)34-21-5-3-4-20-24(21)25(27)23(26(31)32)16(2)28-20/h3-5,15,17-19H,6-14H2,1-2H3,(H2,27,28)(H,29,30)(H,31,32)/t15-,17-,18-,19-. The van der Waals surface area contributed by atoms with Crippen LogP contribution in [0.2, 0.25) is 0 Å². The van der Waals surface area contributed by atoms with Crippen LogP contribution in [-0.2, 0) is 9.53 Å². The van der Waals surface area contributed by atoms with Crippen LogP contribution in [0, 0.1) is 12.8 Å². The van der Waals surface area contributed by atoms with Gasteiger partial charge in [0.05, 0.1) is 34.5 Å². The monoisotopic (exact) mass is 469 g/mol. The molecule has 8 heteroatoms. The van der Waals surface area contributed by atoms with Crippen LogP contribution in [0.1, 0.15) is 74.3 Å². The number of aromatic carboxylic acids is 1. The second kappa shape index (κ2) is 10.6. The average Bonchev–Trinajstić information content (AvgIpc) is 2.79. The van der Waals surface area contributed by atoms with Gasteiger partial charge in [-0.3, -0.25) is 9.78 Å². The fraction of sp³-hybridized carbons (Fsp3) is 0.577. The average molecular weight is 470 g/mol. The normalized spacial score (nSPS) is 25.1. The molecule has 2 saturated carbocycles. The number of anilines is 1. The van der Waals surface area contributed by atoms with Gasteiger partial charge < -0.3 is 25.6 Å². The van der Waals surface area contributed by atoms with Gasteiger partial charge in [0.15, 0.2) is 0 Å². The third-order valence-electron chi connectivity index (χ3n) is 7.15. The Balaban J connectivity index is 1.31. The molecule has 0 saturated heterocycles. The van der Waals surface area contributed by atoms with Gasteiger partial charge in [-0.15, -0.1) is 0 Å². The maximum atomic E-state index is 12.4. The Hall–Kier alpha value is -2.87. The van der Waals surface area contributed by atoms with Gasteiger partial charge in [-0.25, -0.2) is 4.79 Å². The Morgan fingerprint density at radius 3 is 2.44 bits per heavy atom. The molecule has 2 aliphatic carbocycles. The zero-order valence-corrected chi connectivity index (χ0v) is 20.0. The Kier molecular flexibility index (Phi) is 7.56. The van der Waals surface area contributed by atoms with Crippen LogP contribution in [0.25, 0.3) is 10.9 Å². The number of carbonyl (C=O) groups excluding carboxylic acids is 1. The lowest BCUT2D eigenvalue weighted by Crippen LogP contribution is -2.41. The molecule has 0 atom stereocenters. The Morgan fingerprint density at radius 1 is 1.09 bits per heavy atom. The number of rotatable bonds is 7.